The van der Waals surface area contributed by atoms with E-state index in [9.17, 15) is 4.79 Å². The van der Waals surface area contributed by atoms with Gasteiger partial charge in [0.25, 0.3) is 5.56 Å². The lowest BCUT2D eigenvalue weighted by molar-refractivity contribution is 0.463. The predicted octanol–water partition coefficient (Wildman–Crippen LogP) is 1.60. The van der Waals surface area contributed by atoms with Gasteiger partial charge >= 0.3 is 0 Å². The minimum atomic E-state index is -0.215. The van der Waals surface area contributed by atoms with Gasteiger partial charge in [0.1, 0.15) is 5.02 Å². The zero-order valence-electron chi connectivity index (χ0n) is 12.1. The minimum Gasteiger partial charge on any atom is -0.372 e. The van der Waals surface area contributed by atoms with Crippen LogP contribution in [0.1, 0.15) is 20.3 Å². The highest BCUT2D eigenvalue weighted by molar-refractivity contribution is 6.33. The Bertz CT molecular complexity index is 458. The average molecular weight is 287 g/mol. The van der Waals surface area contributed by atoms with Gasteiger partial charge < -0.3 is 10.2 Å². The molecule has 6 heteroatoms. The largest absolute Gasteiger partial charge is 0.372 e. The average Bonchev–Trinajstić information content (AvgIpc) is 2.35. The van der Waals surface area contributed by atoms with Gasteiger partial charge in [-0.05, 0) is 25.9 Å². The van der Waals surface area contributed by atoms with Crippen LogP contribution in [0.5, 0.6) is 0 Å². The molecule has 1 heterocycles. The minimum absolute atomic E-state index is 0.215. The van der Waals surface area contributed by atoms with Crippen LogP contribution >= 0.6 is 11.6 Å². The first-order chi connectivity index (χ1) is 8.97. The fourth-order valence-electron chi connectivity index (χ4n) is 1.81. The predicted molar refractivity (Wildman–Crippen MR) is 80.2 cm³/mol. The zero-order valence-corrected chi connectivity index (χ0v) is 12.9. The summed E-state index contributed by atoms with van der Waals surface area (Å²) in [4.78, 5) is 14.1. The zero-order chi connectivity index (χ0) is 14.4. The van der Waals surface area contributed by atoms with E-state index in [4.69, 9.17) is 11.6 Å². The monoisotopic (exact) mass is 286 g/mol. The Hall–Kier alpha value is -1.07. The van der Waals surface area contributed by atoms with Gasteiger partial charge in [-0.15, -0.1) is 0 Å². The third kappa shape index (κ3) is 4.51. The number of anilines is 1. The first-order valence-corrected chi connectivity index (χ1v) is 6.96. The molecule has 0 radical (unpaired) electrons. The van der Waals surface area contributed by atoms with E-state index in [1.807, 2.05) is 32.8 Å². The van der Waals surface area contributed by atoms with Gasteiger partial charge in [0, 0.05) is 20.1 Å². The topological polar surface area (TPSA) is 50.2 Å². The summed E-state index contributed by atoms with van der Waals surface area (Å²) < 4.78 is 1.43. The molecule has 0 aromatic carbocycles. The van der Waals surface area contributed by atoms with E-state index >= 15 is 0 Å². The van der Waals surface area contributed by atoms with Gasteiger partial charge in [0.15, 0.2) is 0 Å². The maximum Gasteiger partial charge on any atom is 0.287 e. The second-order valence-corrected chi connectivity index (χ2v) is 5.48. The fourth-order valence-corrected chi connectivity index (χ4v) is 2.10. The Labute approximate surface area is 119 Å². The SMILES string of the molecule is CNCCCN(C)c1cnn(CC(C)C)c(=O)c1Cl. The molecule has 108 valence electrons. The highest BCUT2D eigenvalue weighted by Gasteiger charge is 2.13. The van der Waals surface area contributed by atoms with Gasteiger partial charge in [-0.1, -0.05) is 25.4 Å². The van der Waals surface area contributed by atoms with Crippen molar-refractivity contribution in [2.75, 3.05) is 32.1 Å². The van der Waals surface area contributed by atoms with E-state index in [1.165, 1.54) is 4.68 Å². The summed E-state index contributed by atoms with van der Waals surface area (Å²) in [5.41, 5.74) is 0.483. The number of rotatable bonds is 7. The number of halogens is 1. The fraction of sp³-hybridized carbons (Fsp3) is 0.692. The van der Waals surface area contributed by atoms with Crippen LogP contribution < -0.4 is 15.8 Å². The molecule has 19 heavy (non-hydrogen) atoms. The molecular formula is C13H23ClN4O. The van der Waals surface area contributed by atoms with Gasteiger partial charge in [-0.25, -0.2) is 4.68 Å². The van der Waals surface area contributed by atoms with Crippen LogP contribution in [0.3, 0.4) is 0 Å². The lowest BCUT2D eigenvalue weighted by Gasteiger charge is -2.20. The molecule has 1 aromatic heterocycles. The molecule has 0 fully saturated rings. The Morgan fingerprint density at radius 1 is 1.53 bits per heavy atom. The Morgan fingerprint density at radius 3 is 2.79 bits per heavy atom. The van der Waals surface area contributed by atoms with Crippen molar-refractivity contribution in [1.82, 2.24) is 15.1 Å². The van der Waals surface area contributed by atoms with E-state index in [1.54, 1.807) is 6.20 Å². The van der Waals surface area contributed by atoms with Crippen molar-refractivity contribution in [3.05, 3.63) is 21.6 Å². The molecule has 1 aromatic rings. The molecule has 0 aliphatic rings. The summed E-state index contributed by atoms with van der Waals surface area (Å²) in [5.74, 6) is 0.362. The third-order valence-electron chi connectivity index (χ3n) is 2.84. The third-order valence-corrected chi connectivity index (χ3v) is 3.19. The van der Waals surface area contributed by atoms with Crippen molar-refractivity contribution in [3.8, 4) is 0 Å². The summed E-state index contributed by atoms with van der Waals surface area (Å²) in [5, 5.41) is 7.53. The van der Waals surface area contributed by atoms with Crippen molar-refractivity contribution < 1.29 is 0 Å². The van der Waals surface area contributed by atoms with Crippen LogP contribution in [0.15, 0.2) is 11.0 Å². The lowest BCUT2D eigenvalue weighted by Crippen LogP contribution is -2.29. The van der Waals surface area contributed by atoms with Crippen molar-refractivity contribution in [3.63, 3.8) is 0 Å². The van der Waals surface area contributed by atoms with Crippen molar-refractivity contribution >= 4 is 17.3 Å². The molecule has 0 atom stereocenters. The summed E-state index contributed by atoms with van der Waals surface area (Å²) in [7, 11) is 3.84. The standard InChI is InChI=1S/C13H23ClN4O/c1-10(2)9-18-13(19)12(14)11(8-16-18)17(4)7-5-6-15-3/h8,10,15H,5-7,9H2,1-4H3. The Kier molecular flexibility index (Phi) is 6.31. The quantitative estimate of drug-likeness (QED) is 0.774. The normalized spacial score (nSPS) is 11.1. The molecule has 5 nitrogen and oxygen atoms in total. The molecule has 0 bridgehead atoms. The van der Waals surface area contributed by atoms with Crippen LogP contribution in [0.25, 0.3) is 0 Å². The molecule has 0 spiro atoms. The first kappa shape index (κ1) is 16.0. The molecule has 0 amide bonds. The van der Waals surface area contributed by atoms with Crippen LogP contribution in [0.4, 0.5) is 5.69 Å². The summed E-state index contributed by atoms with van der Waals surface area (Å²) in [6.07, 6.45) is 2.66. The maximum atomic E-state index is 12.1. The van der Waals surface area contributed by atoms with Crippen molar-refractivity contribution in [1.29, 1.82) is 0 Å². The van der Waals surface area contributed by atoms with Crippen molar-refractivity contribution in [2.24, 2.45) is 5.92 Å². The van der Waals surface area contributed by atoms with E-state index in [0.29, 0.717) is 18.2 Å². The van der Waals surface area contributed by atoms with Crippen LogP contribution in [-0.2, 0) is 6.54 Å². The van der Waals surface area contributed by atoms with Crippen LogP contribution in [0, 0.1) is 5.92 Å². The van der Waals surface area contributed by atoms with E-state index in [2.05, 4.69) is 10.4 Å². The maximum absolute atomic E-state index is 12.1. The second kappa shape index (κ2) is 7.50. The van der Waals surface area contributed by atoms with Gasteiger partial charge in [-0.2, -0.15) is 5.10 Å². The number of hydrogen-bond donors (Lipinski definition) is 1. The second-order valence-electron chi connectivity index (χ2n) is 5.10. The summed E-state index contributed by atoms with van der Waals surface area (Å²) in [6, 6.07) is 0. The van der Waals surface area contributed by atoms with E-state index < -0.39 is 0 Å². The molecule has 1 N–H and O–H groups in total. The Balaban J connectivity index is 2.86. The molecular weight excluding hydrogens is 264 g/mol. The molecule has 0 unspecified atom stereocenters. The van der Waals surface area contributed by atoms with E-state index in [0.717, 1.165) is 19.5 Å². The molecule has 0 saturated heterocycles. The van der Waals surface area contributed by atoms with Gasteiger partial charge in [0.2, 0.25) is 0 Å². The molecule has 1 rings (SSSR count). The van der Waals surface area contributed by atoms with Crippen molar-refractivity contribution in [2.45, 2.75) is 26.8 Å². The lowest BCUT2D eigenvalue weighted by atomic mass is 10.2. The van der Waals surface area contributed by atoms with E-state index in [-0.39, 0.29) is 10.6 Å². The smallest absolute Gasteiger partial charge is 0.287 e. The number of nitrogens with one attached hydrogen (secondary N) is 1. The summed E-state index contributed by atoms with van der Waals surface area (Å²) in [6.45, 7) is 6.43. The first-order valence-electron chi connectivity index (χ1n) is 6.58. The molecule has 0 aliphatic carbocycles. The van der Waals surface area contributed by atoms with Gasteiger partial charge in [0.05, 0.1) is 11.9 Å². The Morgan fingerprint density at radius 2 is 2.21 bits per heavy atom. The van der Waals surface area contributed by atoms with Crippen LogP contribution in [-0.4, -0.2) is 37.0 Å². The number of nitrogens with zero attached hydrogens (tertiary/aromatic N) is 3. The van der Waals surface area contributed by atoms with Gasteiger partial charge in [-0.3, -0.25) is 4.79 Å². The van der Waals surface area contributed by atoms with Crippen LogP contribution in [0.2, 0.25) is 5.02 Å². The number of hydrogen-bond acceptors (Lipinski definition) is 4. The number of aromatic nitrogens is 2. The molecule has 0 aliphatic heterocycles. The summed E-state index contributed by atoms with van der Waals surface area (Å²) >= 11 is 6.16. The molecule has 0 saturated carbocycles. The highest BCUT2D eigenvalue weighted by Crippen LogP contribution is 2.19. The highest BCUT2D eigenvalue weighted by atomic mass is 35.5.